The Balaban J connectivity index is 2.33. The molecule has 0 saturated carbocycles. The third-order valence-corrected chi connectivity index (χ3v) is 2.12. The Morgan fingerprint density at radius 2 is 2.42 bits per heavy atom. The van der Waals surface area contributed by atoms with Crippen molar-refractivity contribution in [3.8, 4) is 0 Å². The van der Waals surface area contributed by atoms with Gasteiger partial charge in [0.25, 0.3) is 0 Å². The lowest BCUT2D eigenvalue weighted by atomic mass is 10.1. The Morgan fingerprint density at radius 1 is 1.50 bits per heavy atom. The van der Waals surface area contributed by atoms with E-state index >= 15 is 0 Å². The maximum absolute atomic E-state index is 3.29. The average molecular weight is 161 g/mol. The molecular formula is C10H13N2+. The summed E-state index contributed by atoms with van der Waals surface area (Å²) >= 11 is 0. The highest BCUT2D eigenvalue weighted by Crippen LogP contribution is 2.13. The molecule has 1 aromatic heterocycles. The Kier molecular flexibility index (Phi) is 1.92. The molecule has 2 rings (SSSR count). The molecule has 1 aromatic rings. The van der Waals surface area contributed by atoms with Gasteiger partial charge in [-0.25, -0.2) is 4.57 Å². The second kappa shape index (κ2) is 3.07. The molecule has 0 saturated heterocycles. The third kappa shape index (κ3) is 1.38. The van der Waals surface area contributed by atoms with Crippen LogP contribution in [0.25, 0.3) is 5.57 Å². The van der Waals surface area contributed by atoms with Crippen molar-refractivity contribution in [3.05, 3.63) is 36.2 Å². The summed E-state index contributed by atoms with van der Waals surface area (Å²) in [6.45, 7) is 2.01. The minimum absolute atomic E-state index is 1.00. The number of aromatic nitrogens is 1. The van der Waals surface area contributed by atoms with Crippen LogP contribution in [-0.4, -0.2) is 13.1 Å². The summed E-state index contributed by atoms with van der Waals surface area (Å²) in [7, 11) is 2.05. The minimum atomic E-state index is 1.00. The van der Waals surface area contributed by atoms with E-state index in [9.17, 15) is 0 Å². The molecule has 0 fully saturated rings. The second-order valence-electron chi connectivity index (χ2n) is 3.12. The predicted octanol–water partition coefficient (Wildman–Crippen LogP) is 0.498. The van der Waals surface area contributed by atoms with Gasteiger partial charge < -0.3 is 5.32 Å². The molecule has 1 aliphatic heterocycles. The molecule has 0 aliphatic carbocycles. The van der Waals surface area contributed by atoms with Gasteiger partial charge in [-0.2, -0.15) is 0 Å². The molecule has 0 radical (unpaired) electrons. The normalized spacial score (nSPS) is 16.2. The maximum Gasteiger partial charge on any atom is 0.176 e. The van der Waals surface area contributed by atoms with Crippen LogP contribution in [0.1, 0.15) is 5.56 Å². The fourth-order valence-electron chi connectivity index (χ4n) is 1.47. The van der Waals surface area contributed by atoms with E-state index in [0.717, 1.165) is 13.1 Å². The van der Waals surface area contributed by atoms with Crippen LogP contribution in [0.3, 0.4) is 0 Å². The second-order valence-corrected chi connectivity index (χ2v) is 3.12. The minimum Gasteiger partial charge on any atom is -0.309 e. The molecule has 0 unspecified atom stereocenters. The van der Waals surface area contributed by atoms with Crippen molar-refractivity contribution < 1.29 is 4.57 Å². The first-order valence-corrected chi connectivity index (χ1v) is 4.22. The molecule has 0 spiro atoms. The zero-order valence-corrected chi connectivity index (χ0v) is 7.25. The molecule has 2 heteroatoms. The van der Waals surface area contributed by atoms with Crippen LogP contribution in [0.2, 0.25) is 0 Å². The number of pyridine rings is 1. The van der Waals surface area contributed by atoms with Gasteiger partial charge in [0.2, 0.25) is 0 Å². The third-order valence-electron chi connectivity index (χ3n) is 2.12. The Bertz CT molecular complexity index is 315. The zero-order chi connectivity index (χ0) is 8.39. The summed E-state index contributed by atoms with van der Waals surface area (Å²) in [6, 6.07) is 4.23. The van der Waals surface area contributed by atoms with E-state index in [-0.39, 0.29) is 0 Å². The van der Waals surface area contributed by atoms with Crippen LogP contribution < -0.4 is 9.88 Å². The summed E-state index contributed by atoms with van der Waals surface area (Å²) in [5, 5.41) is 3.29. The van der Waals surface area contributed by atoms with Gasteiger partial charge in [-0.15, -0.1) is 0 Å². The Labute approximate surface area is 72.5 Å². The van der Waals surface area contributed by atoms with Crippen LogP contribution >= 0.6 is 0 Å². The van der Waals surface area contributed by atoms with Crippen molar-refractivity contribution in [2.24, 2.45) is 7.05 Å². The van der Waals surface area contributed by atoms with Crippen molar-refractivity contribution in [2.75, 3.05) is 13.1 Å². The first-order chi connectivity index (χ1) is 5.86. The highest BCUT2D eigenvalue weighted by atomic mass is 14.9. The number of nitrogens with zero attached hydrogens (tertiary/aromatic N) is 1. The van der Waals surface area contributed by atoms with Gasteiger partial charge in [0.05, 0.1) is 0 Å². The molecule has 0 amide bonds. The van der Waals surface area contributed by atoms with Crippen LogP contribution in [0, 0.1) is 0 Å². The lowest BCUT2D eigenvalue weighted by Gasteiger charge is -1.98. The molecular weight excluding hydrogens is 148 g/mol. The SMILES string of the molecule is C[n+]1cccc(C2=CCNC2)c1. The smallest absolute Gasteiger partial charge is 0.176 e. The van der Waals surface area contributed by atoms with E-state index < -0.39 is 0 Å². The maximum atomic E-state index is 3.29. The fraction of sp³-hybridized carbons (Fsp3) is 0.300. The molecule has 2 heterocycles. The van der Waals surface area contributed by atoms with Crippen molar-refractivity contribution >= 4 is 5.57 Å². The summed E-state index contributed by atoms with van der Waals surface area (Å²) in [6.07, 6.45) is 6.45. The van der Waals surface area contributed by atoms with Crippen LogP contribution in [0.4, 0.5) is 0 Å². The lowest BCUT2D eigenvalue weighted by Crippen LogP contribution is -2.26. The topological polar surface area (TPSA) is 15.9 Å². The first-order valence-electron chi connectivity index (χ1n) is 4.22. The van der Waals surface area contributed by atoms with E-state index in [1.54, 1.807) is 0 Å². The van der Waals surface area contributed by atoms with Gasteiger partial charge in [0.1, 0.15) is 7.05 Å². The molecule has 0 bridgehead atoms. The number of rotatable bonds is 1. The number of hydrogen-bond donors (Lipinski definition) is 1. The van der Waals surface area contributed by atoms with Crippen LogP contribution in [0.15, 0.2) is 30.6 Å². The van der Waals surface area contributed by atoms with E-state index in [2.05, 4.69) is 34.3 Å². The number of nitrogens with one attached hydrogen (secondary N) is 1. The molecule has 0 atom stereocenters. The van der Waals surface area contributed by atoms with E-state index in [1.807, 2.05) is 13.2 Å². The summed E-state index contributed by atoms with van der Waals surface area (Å²) < 4.78 is 2.08. The van der Waals surface area contributed by atoms with E-state index in [4.69, 9.17) is 0 Å². The molecule has 1 aliphatic rings. The van der Waals surface area contributed by atoms with Crippen molar-refractivity contribution in [1.29, 1.82) is 0 Å². The van der Waals surface area contributed by atoms with E-state index in [1.165, 1.54) is 11.1 Å². The number of hydrogen-bond acceptors (Lipinski definition) is 1. The molecule has 2 nitrogen and oxygen atoms in total. The van der Waals surface area contributed by atoms with Crippen molar-refractivity contribution in [2.45, 2.75) is 0 Å². The molecule has 12 heavy (non-hydrogen) atoms. The summed E-state index contributed by atoms with van der Waals surface area (Å²) in [4.78, 5) is 0. The van der Waals surface area contributed by atoms with Gasteiger partial charge in [-0.1, -0.05) is 6.08 Å². The van der Waals surface area contributed by atoms with Gasteiger partial charge in [0, 0.05) is 24.7 Å². The lowest BCUT2D eigenvalue weighted by molar-refractivity contribution is -0.671. The summed E-state index contributed by atoms with van der Waals surface area (Å²) in [5.74, 6) is 0. The van der Waals surface area contributed by atoms with Gasteiger partial charge in [-0.3, -0.25) is 0 Å². The largest absolute Gasteiger partial charge is 0.309 e. The average Bonchev–Trinajstić information content (AvgIpc) is 2.56. The monoisotopic (exact) mass is 161 g/mol. The molecule has 1 N–H and O–H groups in total. The van der Waals surface area contributed by atoms with Gasteiger partial charge in [0.15, 0.2) is 12.4 Å². The number of aryl methyl sites for hydroxylation is 1. The Hall–Kier alpha value is -1.15. The summed E-state index contributed by atoms with van der Waals surface area (Å²) in [5.41, 5.74) is 2.73. The first kappa shape index (κ1) is 7.50. The highest BCUT2D eigenvalue weighted by Gasteiger charge is 2.08. The Morgan fingerprint density at radius 3 is 3.08 bits per heavy atom. The van der Waals surface area contributed by atoms with Crippen molar-refractivity contribution in [1.82, 2.24) is 5.32 Å². The quantitative estimate of drug-likeness (QED) is 0.593. The van der Waals surface area contributed by atoms with Crippen LogP contribution in [-0.2, 0) is 7.05 Å². The van der Waals surface area contributed by atoms with Crippen LogP contribution in [0.5, 0.6) is 0 Å². The van der Waals surface area contributed by atoms with E-state index in [0.29, 0.717) is 0 Å². The van der Waals surface area contributed by atoms with Crippen molar-refractivity contribution in [3.63, 3.8) is 0 Å². The molecule has 0 aromatic carbocycles. The zero-order valence-electron chi connectivity index (χ0n) is 7.25. The standard InChI is InChI=1S/C10H13N2/c1-12-6-2-3-10(8-12)9-4-5-11-7-9/h2-4,6,8,11H,5,7H2,1H3/q+1. The molecule has 62 valence electrons. The highest BCUT2D eigenvalue weighted by molar-refractivity contribution is 5.67. The van der Waals surface area contributed by atoms with Gasteiger partial charge >= 0.3 is 0 Å². The van der Waals surface area contributed by atoms with Gasteiger partial charge in [-0.05, 0) is 11.6 Å². The predicted molar refractivity (Wildman–Crippen MR) is 48.5 cm³/mol. The fourth-order valence-corrected chi connectivity index (χ4v) is 1.47.